The molecule has 15 heavy (non-hydrogen) atoms. The monoisotopic (exact) mass is 221 g/mol. The molecule has 2 rings (SSSR count). The fourth-order valence-corrected chi connectivity index (χ4v) is 2.03. The third-order valence-corrected chi connectivity index (χ3v) is 2.96. The first kappa shape index (κ1) is 10.0. The smallest absolute Gasteiger partial charge is 0.177 e. The summed E-state index contributed by atoms with van der Waals surface area (Å²) < 4.78 is 0. The molecule has 0 radical (unpaired) electrons. The molecule has 0 saturated heterocycles. The molecule has 0 spiro atoms. The van der Waals surface area contributed by atoms with E-state index in [2.05, 4.69) is 15.0 Å². The second kappa shape index (κ2) is 3.94. The Bertz CT molecular complexity index is 486. The van der Waals surface area contributed by atoms with Crippen LogP contribution in [-0.4, -0.2) is 20.7 Å². The van der Waals surface area contributed by atoms with Crippen molar-refractivity contribution in [3.8, 4) is 0 Å². The van der Waals surface area contributed by atoms with Crippen LogP contribution in [-0.2, 0) is 6.42 Å². The molecular formula is C10H11N3OS. The highest BCUT2D eigenvalue weighted by Gasteiger charge is 2.07. The second-order valence-corrected chi connectivity index (χ2v) is 4.30. The summed E-state index contributed by atoms with van der Waals surface area (Å²) in [4.78, 5) is 22.5. The summed E-state index contributed by atoms with van der Waals surface area (Å²) in [6.07, 6.45) is 2.23. The first-order valence-corrected chi connectivity index (χ1v) is 5.49. The summed E-state index contributed by atoms with van der Waals surface area (Å²) in [6, 6.07) is 0. The Labute approximate surface area is 91.4 Å². The quantitative estimate of drug-likeness (QED) is 0.806. The van der Waals surface area contributed by atoms with Gasteiger partial charge in [0.05, 0.1) is 12.6 Å². The van der Waals surface area contributed by atoms with Gasteiger partial charge in [-0.25, -0.2) is 9.97 Å². The zero-order valence-corrected chi connectivity index (χ0v) is 9.39. The molecule has 4 nitrogen and oxygen atoms in total. The van der Waals surface area contributed by atoms with Crippen LogP contribution in [0.3, 0.4) is 0 Å². The maximum absolute atomic E-state index is 11.0. The number of carbonyl (C=O) groups is 1. The number of rotatable bonds is 3. The Morgan fingerprint density at radius 3 is 2.93 bits per heavy atom. The van der Waals surface area contributed by atoms with Crippen LogP contribution in [0.1, 0.15) is 33.9 Å². The zero-order chi connectivity index (χ0) is 10.8. The van der Waals surface area contributed by atoms with Gasteiger partial charge in [0.1, 0.15) is 16.5 Å². The number of nitrogens with zero attached hydrogens (tertiary/aromatic N) is 2. The van der Waals surface area contributed by atoms with E-state index < -0.39 is 0 Å². The van der Waals surface area contributed by atoms with E-state index >= 15 is 0 Å². The molecule has 0 aromatic carbocycles. The number of hydrogen-bond donors (Lipinski definition) is 1. The summed E-state index contributed by atoms with van der Waals surface area (Å²) >= 11 is 1.61. The van der Waals surface area contributed by atoms with Crippen molar-refractivity contribution in [2.24, 2.45) is 0 Å². The van der Waals surface area contributed by atoms with Crippen molar-refractivity contribution in [2.45, 2.75) is 20.3 Å². The van der Waals surface area contributed by atoms with Crippen LogP contribution in [0.25, 0.3) is 0 Å². The van der Waals surface area contributed by atoms with E-state index in [1.54, 1.807) is 17.5 Å². The fourth-order valence-electron chi connectivity index (χ4n) is 1.26. The van der Waals surface area contributed by atoms with Gasteiger partial charge in [0.2, 0.25) is 0 Å². The molecule has 0 bridgehead atoms. The number of ketones is 1. The lowest BCUT2D eigenvalue weighted by Crippen LogP contribution is -1.94. The predicted octanol–water partition coefficient (Wildman–Crippen LogP) is 1.97. The van der Waals surface area contributed by atoms with Crippen molar-refractivity contribution in [2.75, 3.05) is 0 Å². The van der Waals surface area contributed by atoms with Crippen LogP contribution in [0, 0.1) is 6.92 Å². The van der Waals surface area contributed by atoms with Gasteiger partial charge < -0.3 is 4.98 Å². The molecular weight excluding hydrogens is 210 g/mol. The summed E-state index contributed by atoms with van der Waals surface area (Å²) in [5.41, 5.74) is 1.58. The molecule has 5 heteroatoms. The standard InChI is InChI=1S/C10H11N3OS/c1-6-5-15-10(12-6)3-9-11-4-8(13-9)7(2)14/h4-5H,3H2,1-2H3,(H,11,13). The van der Waals surface area contributed by atoms with Crippen LogP contribution in [0.15, 0.2) is 11.6 Å². The van der Waals surface area contributed by atoms with Gasteiger partial charge in [0.25, 0.3) is 0 Å². The van der Waals surface area contributed by atoms with E-state index in [0.29, 0.717) is 12.1 Å². The van der Waals surface area contributed by atoms with Gasteiger partial charge in [0.15, 0.2) is 5.78 Å². The van der Waals surface area contributed by atoms with E-state index in [-0.39, 0.29) is 5.78 Å². The lowest BCUT2D eigenvalue weighted by atomic mass is 10.3. The van der Waals surface area contributed by atoms with Crippen molar-refractivity contribution < 1.29 is 4.79 Å². The fraction of sp³-hybridized carbons (Fsp3) is 0.300. The minimum Gasteiger partial charge on any atom is -0.339 e. The number of nitrogens with one attached hydrogen (secondary N) is 1. The largest absolute Gasteiger partial charge is 0.339 e. The summed E-state index contributed by atoms with van der Waals surface area (Å²) in [5, 5.41) is 3.02. The molecule has 2 heterocycles. The van der Waals surface area contributed by atoms with Crippen molar-refractivity contribution >= 4 is 17.1 Å². The molecule has 2 aromatic heterocycles. The summed E-state index contributed by atoms with van der Waals surface area (Å²) in [6.45, 7) is 3.48. The molecule has 78 valence electrons. The van der Waals surface area contributed by atoms with E-state index in [4.69, 9.17) is 0 Å². The molecule has 2 aromatic rings. The number of aryl methyl sites for hydroxylation is 1. The molecule has 0 aliphatic rings. The number of carbonyl (C=O) groups excluding carboxylic acids is 1. The lowest BCUT2D eigenvalue weighted by Gasteiger charge is -1.91. The average molecular weight is 221 g/mol. The molecule has 0 aliphatic carbocycles. The van der Waals surface area contributed by atoms with Gasteiger partial charge >= 0.3 is 0 Å². The average Bonchev–Trinajstić information content (AvgIpc) is 2.76. The molecule has 0 aliphatic heterocycles. The zero-order valence-electron chi connectivity index (χ0n) is 8.57. The Balaban J connectivity index is 2.14. The highest BCUT2D eigenvalue weighted by Crippen LogP contribution is 2.12. The Kier molecular flexibility index (Phi) is 2.64. The van der Waals surface area contributed by atoms with Crippen molar-refractivity contribution in [3.05, 3.63) is 33.8 Å². The van der Waals surface area contributed by atoms with Gasteiger partial charge in [-0.05, 0) is 6.92 Å². The van der Waals surface area contributed by atoms with Gasteiger partial charge in [-0.15, -0.1) is 11.3 Å². The van der Waals surface area contributed by atoms with E-state index in [9.17, 15) is 4.79 Å². The van der Waals surface area contributed by atoms with Gasteiger partial charge in [-0.2, -0.15) is 0 Å². The normalized spacial score (nSPS) is 10.5. The Morgan fingerprint density at radius 1 is 1.60 bits per heavy atom. The number of Topliss-reactive ketones (excluding diaryl/α,β-unsaturated/α-hetero) is 1. The Morgan fingerprint density at radius 2 is 2.40 bits per heavy atom. The summed E-state index contributed by atoms with van der Waals surface area (Å²) in [5.74, 6) is 0.790. The van der Waals surface area contributed by atoms with Crippen molar-refractivity contribution in [1.29, 1.82) is 0 Å². The SMILES string of the molecule is CC(=O)c1cnc(Cc2nc(C)cs2)[nH]1. The number of aromatic amines is 1. The van der Waals surface area contributed by atoms with Crippen molar-refractivity contribution in [3.63, 3.8) is 0 Å². The van der Waals surface area contributed by atoms with E-state index in [1.807, 2.05) is 12.3 Å². The third-order valence-electron chi connectivity index (χ3n) is 1.99. The minimum atomic E-state index is 0.00377. The molecule has 0 fully saturated rings. The first-order valence-electron chi connectivity index (χ1n) is 4.61. The maximum atomic E-state index is 11.0. The van der Waals surface area contributed by atoms with E-state index in [0.717, 1.165) is 16.5 Å². The van der Waals surface area contributed by atoms with Gasteiger partial charge in [-0.3, -0.25) is 4.79 Å². The number of imidazole rings is 1. The lowest BCUT2D eigenvalue weighted by molar-refractivity contribution is 0.101. The molecule has 0 unspecified atom stereocenters. The van der Waals surface area contributed by atoms with Gasteiger partial charge in [0, 0.05) is 18.0 Å². The van der Waals surface area contributed by atoms with E-state index in [1.165, 1.54) is 6.92 Å². The topological polar surface area (TPSA) is 58.6 Å². The maximum Gasteiger partial charge on any atom is 0.177 e. The number of aromatic nitrogens is 3. The van der Waals surface area contributed by atoms with Crippen LogP contribution >= 0.6 is 11.3 Å². The van der Waals surface area contributed by atoms with Crippen LogP contribution in [0.5, 0.6) is 0 Å². The predicted molar refractivity (Wildman–Crippen MR) is 58.2 cm³/mol. The highest BCUT2D eigenvalue weighted by molar-refractivity contribution is 7.09. The summed E-state index contributed by atoms with van der Waals surface area (Å²) in [7, 11) is 0. The van der Waals surface area contributed by atoms with Gasteiger partial charge in [-0.1, -0.05) is 0 Å². The second-order valence-electron chi connectivity index (χ2n) is 3.36. The van der Waals surface area contributed by atoms with Crippen molar-refractivity contribution in [1.82, 2.24) is 15.0 Å². The number of hydrogen-bond acceptors (Lipinski definition) is 4. The Hall–Kier alpha value is -1.49. The highest BCUT2D eigenvalue weighted by atomic mass is 32.1. The van der Waals surface area contributed by atoms with Crippen LogP contribution < -0.4 is 0 Å². The number of H-pyrrole nitrogens is 1. The molecule has 0 saturated carbocycles. The minimum absolute atomic E-state index is 0.00377. The molecule has 0 atom stereocenters. The van der Waals surface area contributed by atoms with Crippen LogP contribution in [0.2, 0.25) is 0 Å². The van der Waals surface area contributed by atoms with Crippen LogP contribution in [0.4, 0.5) is 0 Å². The molecule has 0 amide bonds. The molecule has 1 N–H and O–H groups in total. The first-order chi connectivity index (χ1) is 7.15. The third kappa shape index (κ3) is 2.30. The number of thiazole rings is 1.